The third-order valence-corrected chi connectivity index (χ3v) is 4.32. The van der Waals surface area contributed by atoms with Crippen molar-refractivity contribution >= 4 is 17.3 Å². The molecule has 2 rings (SSSR count). The number of para-hydroxylation sites is 2. The monoisotopic (exact) mass is 320 g/mol. The highest BCUT2D eigenvalue weighted by atomic mass is 16.6. The fourth-order valence-electron chi connectivity index (χ4n) is 2.62. The molecular weight excluding hydrogens is 296 g/mol. The number of amides is 1. The van der Waals surface area contributed by atoms with Crippen LogP contribution >= 0.6 is 0 Å². The zero-order valence-electron chi connectivity index (χ0n) is 13.9. The fourth-order valence-corrected chi connectivity index (χ4v) is 2.62. The van der Waals surface area contributed by atoms with Crippen molar-refractivity contribution in [1.29, 1.82) is 0 Å². The maximum absolute atomic E-state index is 12.1. The van der Waals surface area contributed by atoms with E-state index < -0.39 is 0 Å². The van der Waals surface area contributed by atoms with Crippen molar-refractivity contribution in [3.63, 3.8) is 0 Å². The minimum atomic E-state index is -0.344. The first-order valence-electron chi connectivity index (χ1n) is 7.86. The minimum absolute atomic E-state index is 0.110. The molecule has 0 saturated carbocycles. The molecule has 1 aromatic rings. The summed E-state index contributed by atoms with van der Waals surface area (Å²) in [5.74, 6) is 0.110. The number of carbonyl (C=O) groups excluding carboxylic acids is 1. The third-order valence-electron chi connectivity index (χ3n) is 4.32. The molecule has 23 heavy (non-hydrogen) atoms. The summed E-state index contributed by atoms with van der Waals surface area (Å²) in [5.41, 5.74) is 0.791. The van der Waals surface area contributed by atoms with Crippen LogP contribution < -0.4 is 4.90 Å². The second-order valence-corrected chi connectivity index (χ2v) is 6.11. The van der Waals surface area contributed by atoms with Crippen LogP contribution in [0.4, 0.5) is 11.4 Å². The number of anilines is 1. The Kier molecular flexibility index (Phi) is 5.54. The lowest BCUT2D eigenvalue weighted by atomic mass is 10.2. The number of rotatable bonds is 5. The van der Waals surface area contributed by atoms with Crippen molar-refractivity contribution in [3.8, 4) is 0 Å². The number of carbonyl (C=O) groups is 1. The molecule has 1 amide bonds. The third kappa shape index (κ3) is 4.19. The number of nitro benzene ring substituents is 1. The van der Waals surface area contributed by atoms with Crippen LogP contribution in [0.25, 0.3) is 0 Å². The van der Waals surface area contributed by atoms with E-state index in [1.54, 1.807) is 17.0 Å². The lowest BCUT2D eigenvalue weighted by molar-refractivity contribution is -0.384. The first kappa shape index (κ1) is 17.2. The quantitative estimate of drug-likeness (QED) is 0.608. The fraction of sp³-hybridized carbons (Fsp3) is 0.562. The van der Waals surface area contributed by atoms with Crippen LogP contribution in [0, 0.1) is 10.1 Å². The number of piperazine rings is 1. The summed E-state index contributed by atoms with van der Waals surface area (Å²) >= 11 is 0. The smallest absolute Gasteiger partial charge is 0.292 e. The van der Waals surface area contributed by atoms with Crippen molar-refractivity contribution < 1.29 is 9.72 Å². The molecule has 126 valence electrons. The summed E-state index contributed by atoms with van der Waals surface area (Å²) in [6.45, 7) is 7.20. The molecule has 0 unspecified atom stereocenters. The number of benzene rings is 1. The number of nitro groups is 1. The Bertz CT molecular complexity index is 568. The highest BCUT2D eigenvalue weighted by Gasteiger charge is 2.25. The molecule has 1 aromatic carbocycles. The maximum Gasteiger partial charge on any atom is 0.292 e. The van der Waals surface area contributed by atoms with Crippen molar-refractivity contribution in [3.05, 3.63) is 34.4 Å². The SMILES string of the molecule is CC(C)N(C)C(=O)CN1CCN(c2ccccc2[N+](=O)[O-])CC1. The highest BCUT2D eigenvalue weighted by Crippen LogP contribution is 2.28. The van der Waals surface area contributed by atoms with E-state index in [0.29, 0.717) is 25.3 Å². The number of likely N-dealkylation sites (N-methyl/N-ethyl adjacent to an activating group) is 1. The second-order valence-electron chi connectivity index (χ2n) is 6.11. The summed E-state index contributed by atoms with van der Waals surface area (Å²) in [6, 6.07) is 7.00. The van der Waals surface area contributed by atoms with Gasteiger partial charge in [-0.1, -0.05) is 12.1 Å². The highest BCUT2D eigenvalue weighted by molar-refractivity contribution is 5.78. The van der Waals surface area contributed by atoms with Gasteiger partial charge in [-0.25, -0.2) is 0 Å². The van der Waals surface area contributed by atoms with Crippen molar-refractivity contribution in [2.75, 3.05) is 44.7 Å². The molecule has 0 aliphatic carbocycles. The van der Waals surface area contributed by atoms with Gasteiger partial charge in [-0.3, -0.25) is 19.8 Å². The Hall–Kier alpha value is -2.15. The Morgan fingerprint density at radius 1 is 1.26 bits per heavy atom. The van der Waals surface area contributed by atoms with E-state index in [2.05, 4.69) is 4.90 Å². The van der Waals surface area contributed by atoms with Crippen LogP contribution in [0.15, 0.2) is 24.3 Å². The van der Waals surface area contributed by atoms with E-state index in [4.69, 9.17) is 0 Å². The molecule has 1 aliphatic rings. The molecule has 0 atom stereocenters. The normalized spacial score (nSPS) is 15.7. The van der Waals surface area contributed by atoms with Gasteiger partial charge in [0.25, 0.3) is 5.69 Å². The lowest BCUT2D eigenvalue weighted by Gasteiger charge is -2.36. The number of hydrogen-bond acceptors (Lipinski definition) is 5. The van der Waals surface area contributed by atoms with Gasteiger partial charge in [0.15, 0.2) is 0 Å². The summed E-state index contributed by atoms with van der Waals surface area (Å²) in [5, 5.41) is 11.1. The van der Waals surface area contributed by atoms with Crippen LogP contribution in [0.3, 0.4) is 0 Å². The first-order valence-corrected chi connectivity index (χ1v) is 7.86. The standard InChI is InChI=1S/C16H24N4O3/c1-13(2)17(3)16(21)12-18-8-10-19(11-9-18)14-6-4-5-7-15(14)20(22)23/h4-7,13H,8-12H2,1-3H3. The Morgan fingerprint density at radius 3 is 2.43 bits per heavy atom. The minimum Gasteiger partial charge on any atom is -0.363 e. The zero-order chi connectivity index (χ0) is 17.0. The van der Waals surface area contributed by atoms with Crippen LogP contribution in [0.2, 0.25) is 0 Å². The summed E-state index contributed by atoms with van der Waals surface area (Å²) in [6.07, 6.45) is 0. The van der Waals surface area contributed by atoms with Crippen LogP contribution in [0.1, 0.15) is 13.8 Å². The summed E-state index contributed by atoms with van der Waals surface area (Å²) < 4.78 is 0. The lowest BCUT2D eigenvalue weighted by Crippen LogP contribution is -2.50. The van der Waals surface area contributed by atoms with E-state index in [1.165, 1.54) is 6.07 Å². The van der Waals surface area contributed by atoms with Gasteiger partial charge >= 0.3 is 0 Å². The average molecular weight is 320 g/mol. The van der Waals surface area contributed by atoms with Gasteiger partial charge in [-0.05, 0) is 19.9 Å². The Labute approximate surface area is 136 Å². The molecule has 0 radical (unpaired) electrons. The molecule has 1 aliphatic heterocycles. The molecule has 1 heterocycles. The largest absolute Gasteiger partial charge is 0.363 e. The molecule has 1 saturated heterocycles. The van der Waals surface area contributed by atoms with Gasteiger partial charge in [0, 0.05) is 45.3 Å². The zero-order valence-corrected chi connectivity index (χ0v) is 13.9. The van der Waals surface area contributed by atoms with Gasteiger partial charge in [0.2, 0.25) is 5.91 Å². The van der Waals surface area contributed by atoms with Crippen molar-refractivity contribution in [1.82, 2.24) is 9.80 Å². The maximum atomic E-state index is 12.1. The van der Waals surface area contributed by atoms with Gasteiger partial charge in [-0.2, -0.15) is 0 Å². The Balaban J connectivity index is 1.94. The molecule has 0 spiro atoms. The van der Waals surface area contributed by atoms with E-state index in [9.17, 15) is 14.9 Å². The number of nitrogens with zero attached hydrogens (tertiary/aromatic N) is 4. The van der Waals surface area contributed by atoms with Gasteiger partial charge < -0.3 is 9.80 Å². The molecule has 7 nitrogen and oxygen atoms in total. The number of hydrogen-bond donors (Lipinski definition) is 0. The van der Waals surface area contributed by atoms with E-state index in [0.717, 1.165) is 13.1 Å². The predicted molar refractivity (Wildman–Crippen MR) is 89.7 cm³/mol. The van der Waals surface area contributed by atoms with Crippen molar-refractivity contribution in [2.24, 2.45) is 0 Å². The predicted octanol–water partition coefficient (Wildman–Crippen LogP) is 1.58. The average Bonchev–Trinajstić information content (AvgIpc) is 2.54. The van der Waals surface area contributed by atoms with Crippen LogP contribution in [-0.2, 0) is 4.79 Å². The summed E-state index contributed by atoms with van der Waals surface area (Å²) in [4.78, 5) is 28.8. The molecule has 0 aromatic heterocycles. The Morgan fingerprint density at radius 2 is 1.87 bits per heavy atom. The molecule has 0 bridgehead atoms. The van der Waals surface area contributed by atoms with Crippen molar-refractivity contribution in [2.45, 2.75) is 19.9 Å². The first-order chi connectivity index (χ1) is 10.9. The molecule has 1 fully saturated rings. The molecular formula is C16H24N4O3. The van der Waals surface area contributed by atoms with E-state index in [-0.39, 0.29) is 22.6 Å². The second kappa shape index (κ2) is 7.41. The molecule has 0 N–H and O–H groups in total. The van der Waals surface area contributed by atoms with Crippen LogP contribution in [-0.4, -0.2) is 66.4 Å². The van der Waals surface area contributed by atoms with Gasteiger partial charge in [0.05, 0.1) is 11.5 Å². The molecule has 7 heteroatoms. The van der Waals surface area contributed by atoms with E-state index >= 15 is 0 Å². The summed E-state index contributed by atoms with van der Waals surface area (Å²) in [7, 11) is 1.82. The van der Waals surface area contributed by atoms with Crippen LogP contribution in [0.5, 0.6) is 0 Å². The van der Waals surface area contributed by atoms with Gasteiger partial charge in [-0.15, -0.1) is 0 Å². The van der Waals surface area contributed by atoms with E-state index in [1.807, 2.05) is 31.9 Å². The van der Waals surface area contributed by atoms with Gasteiger partial charge in [0.1, 0.15) is 5.69 Å². The topological polar surface area (TPSA) is 69.9 Å².